The molecular formula is C12H16BrNO2S. The Hall–Kier alpha value is -0.520. The van der Waals surface area contributed by atoms with Crippen LogP contribution in [0.5, 0.6) is 5.75 Å². The van der Waals surface area contributed by atoms with Crippen LogP contribution in [0.2, 0.25) is 0 Å². The zero-order valence-electron chi connectivity index (χ0n) is 10.4. The maximum atomic E-state index is 11.7. The highest BCUT2D eigenvalue weighted by atomic mass is 79.9. The van der Waals surface area contributed by atoms with Crippen LogP contribution in [0.3, 0.4) is 0 Å². The Balaban J connectivity index is 2.88. The molecule has 3 nitrogen and oxygen atoms in total. The van der Waals surface area contributed by atoms with Crippen molar-refractivity contribution in [3.8, 4) is 5.75 Å². The lowest BCUT2D eigenvalue weighted by Crippen LogP contribution is -2.25. The molecule has 0 saturated heterocycles. The third-order valence-corrected chi connectivity index (χ3v) is 3.75. The average molecular weight is 318 g/mol. The summed E-state index contributed by atoms with van der Waals surface area (Å²) in [5.41, 5.74) is 0.855. The molecule has 1 unspecified atom stereocenters. The van der Waals surface area contributed by atoms with E-state index in [1.807, 2.05) is 39.0 Å². The minimum absolute atomic E-state index is 0.341. The SMILES string of the molecule is COc1cc(Br)cc(C=N[S+]([O-])C(C)(C)C)c1. The van der Waals surface area contributed by atoms with Gasteiger partial charge in [-0.2, -0.15) is 0 Å². The maximum absolute atomic E-state index is 11.7. The summed E-state index contributed by atoms with van der Waals surface area (Å²) >= 11 is 2.14. The molecule has 0 N–H and O–H groups in total. The van der Waals surface area contributed by atoms with Crippen LogP contribution in [-0.2, 0) is 11.4 Å². The molecule has 0 aliphatic heterocycles. The van der Waals surface area contributed by atoms with Crippen molar-refractivity contribution in [1.82, 2.24) is 0 Å². The van der Waals surface area contributed by atoms with Gasteiger partial charge < -0.3 is 9.29 Å². The zero-order chi connectivity index (χ0) is 13.1. The van der Waals surface area contributed by atoms with Gasteiger partial charge in [0.25, 0.3) is 0 Å². The van der Waals surface area contributed by atoms with Crippen LogP contribution in [0.1, 0.15) is 26.3 Å². The van der Waals surface area contributed by atoms with Crippen molar-refractivity contribution >= 4 is 33.5 Å². The number of hydrogen-bond acceptors (Lipinski definition) is 3. The Labute approximate surface area is 114 Å². The number of nitrogens with zero attached hydrogens (tertiary/aromatic N) is 1. The predicted octanol–water partition coefficient (Wildman–Crippen LogP) is 3.34. The molecule has 0 bridgehead atoms. The summed E-state index contributed by atoms with van der Waals surface area (Å²) in [6.45, 7) is 5.67. The van der Waals surface area contributed by atoms with Gasteiger partial charge in [-0.1, -0.05) is 20.3 Å². The van der Waals surface area contributed by atoms with Crippen molar-refractivity contribution in [3.63, 3.8) is 0 Å². The first kappa shape index (κ1) is 14.5. The van der Waals surface area contributed by atoms with Crippen LogP contribution in [0.4, 0.5) is 0 Å². The smallest absolute Gasteiger partial charge is 0.144 e. The lowest BCUT2D eigenvalue weighted by atomic mass is 10.2. The van der Waals surface area contributed by atoms with E-state index in [4.69, 9.17) is 4.74 Å². The van der Waals surface area contributed by atoms with Crippen LogP contribution < -0.4 is 4.74 Å². The van der Waals surface area contributed by atoms with Gasteiger partial charge in [0.05, 0.1) is 13.3 Å². The highest BCUT2D eigenvalue weighted by molar-refractivity contribution is 9.10. The summed E-state index contributed by atoms with van der Waals surface area (Å²) in [5.74, 6) is 0.738. The fourth-order valence-corrected chi connectivity index (χ4v) is 2.07. The number of rotatable bonds is 3. The topological polar surface area (TPSA) is 44.6 Å². The molecule has 1 rings (SSSR count). The molecule has 17 heavy (non-hydrogen) atoms. The fourth-order valence-electron chi connectivity index (χ4n) is 1.04. The van der Waals surface area contributed by atoms with Gasteiger partial charge in [-0.3, -0.25) is 0 Å². The normalized spacial score (nSPS) is 14.0. The van der Waals surface area contributed by atoms with Gasteiger partial charge in [0.2, 0.25) is 0 Å². The number of halogens is 1. The number of methoxy groups -OCH3 is 1. The first-order chi connectivity index (χ1) is 7.82. The molecule has 0 amide bonds. The second-order valence-electron chi connectivity index (χ2n) is 4.52. The van der Waals surface area contributed by atoms with Gasteiger partial charge in [-0.15, -0.1) is 0 Å². The van der Waals surface area contributed by atoms with Crippen molar-refractivity contribution in [2.45, 2.75) is 25.5 Å². The minimum atomic E-state index is -1.24. The summed E-state index contributed by atoms with van der Waals surface area (Å²) in [6.07, 6.45) is 1.61. The summed E-state index contributed by atoms with van der Waals surface area (Å²) in [5, 5.41) is 0. The second kappa shape index (κ2) is 5.89. The lowest BCUT2D eigenvalue weighted by molar-refractivity contribution is 0.414. The first-order valence-electron chi connectivity index (χ1n) is 5.13. The largest absolute Gasteiger partial charge is 0.591 e. The predicted molar refractivity (Wildman–Crippen MR) is 76.2 cm³/mol. The van der Waals surface area contributed by atoms with Crippen LogP contribution >= 0.6 is 15.9 Å². The molecule has 0 radical (unpaired) electrons. The molecule has 0 aromatic heterocycles. The highest BCUT2D eigenvalue weighted by Gasteiger charge is 2.25. The number of ether oxygens (including phenoxy) is 1. The second-order valence-corrected chi connectivity index (χ2v) is 7.37. The van der Waals surface area contributed by atoms with Crippen molar-refractivity contribution in [2.75, 3.05) is 7.11 Å². The van der Waals surface area contributed by atoms with Gasteiger partial charge >= 0.3 is 0 Å². The summed E-state index contributed by atoms with van der Waals surface area (Å²) in [7, 11) is 1.61. The van der Waals surface area contributed by atoms with Gasteiger partial charge in [-0.05, 0) is 39.0 Å². The Morgan fingerprint density at radius 3 is 2.53 bits per heavy atom. The summed E-state index contributed by atoms with van der Waals surface area (Å²) < 4.78 is 21.5. The Morgan fingerprint density at radius 1 is 1.35 bits per heavy atom. The van der Waals surface area contributed by atoms with E-state index in [9.17, 15) is 4.55 Å². The fraction of sp³-hybridized carbons (Fsp3) is 0.417. The third-order valence-electron chi connectivity index (χ3n) is 1.95. The van der Waals surface area contributed by atoms with E-state index in [1.54, 1.807) is 13.3 Å². The summed E-state index contributed by atoms with van der Waals surface area (Å²) in [4.78, 5) is 0. The van der Waals surface area contributed by atoms with Gasteiger partial charge in [0, 0.05) is 10.0 Å². The van der Waals surface area contributed by atoms with Gasteiger partial charge in [-0.25, -0.2) is 0 Å². The maximum Gasteiger partial charge on any atom is 0.144 e. The molecule has 1 aromatic carbocycles. The molecular weight excluding hydrogens is 302 g/mol. The van der Waals surface area contributed by atoms with E-state index < -0.39 is 11.4 Å². The average Bonchev–Trinajstić information content (AvgIpc) is 2.23. The zero-order valence-corrected chi connectivity index (χ0v) is 12.8. The molecule has 1 atom stereocenters. The van der Waals surface area contributed by atoms with Crippen LogP contribution in [0, 0.1) is 0 Å². The molecule has 0 spiro atoms. The van der Waals surface area contributed by atoms with E-state index in [1.165, 1.54) is 0 Å². The summed E-state index contributed by atoms with van der Waals surface area (Å²) in [6, 6.07) is 5.60. The van der Waals surface area contributed by atoms with E-state index in [0.29, 0.717) is 0 Å². The molecule has 1 aromatic rings. The molecule has 5 heteroatoms. The van der Waals surface area contributed by atoms with Crippen molar-refractivity contribution in [1.29, 1.82) is 0 Å². The van der Waals surface area contributed by atoms with E-state index in [2.05, 4.69) is 20.3 Å². The quantitative estimate of drug-likeness (QED) is 0.634. The number of hydrogen-bond donors (Lipinski definition) is 0. The van der Waals surface area contributed by atoms with Crippen LogP contribution in [0.25, 0.3) is 0 Å². The van der Waals surface area contributed by atoms with E-state index in [-0.39, 0.29) is 4.75 Å². The molecule has 94 valence electrons. The van der Waals surface area contributed by atoms with Gasteiger partial charge in [0.1, 0.15) is 21.9 Å². The van der Waals surface area contributed by atoms with Crippen molar-refractivity contribution < 1.29 is 9.29 Å². The number of benzene rings is 1. The Morgan fingerprint density at radius 2 is 2.00 bits per heavy atom. The first-order valence-corrected chi connectivity index (χ1v) is 7.03. The lowest BCUT2D eigenvalue weighted by Gasteiger charge is -2.17. The van der Waals surface area contributed by atoms with Crippen LogP contribution in [0.15, 0.2) is 27.1 Å². The highest BCUT2D eigenvalue weighted by Crippen LogP contribution is 2.21. The molecule has 0 saturated carbocycles. The van der Waals surface area contributed by atoms with E-state index >= 15 is 0 Å². The molecule has 0 heterocycles. The third kappa shape index (κ3) is 4.69. The monoisotopic (exact) mass is 317 g/mol. The minimum Gasteiger partial charge on any atom is -0.591 e. The molecule has 0 aliphatic carbocycles. The van der Waals surface area contributed by atoms with Crippen molar-refractivity contribution in [3.05, 3.63) is 28.2 Å². The van der Waals surface area contributed by atoms with E-state index in [0.717, 1.165) is 15.8 Å². The van der Waals surface area contributed by atoms with Crippen molar-refractivity contribution in [2.24, 2.45) is 4.40 Å². The molecule has 0 fully saturated rings. The Bertz CT molecular complexity index is 415. The standard InChI is InChI=1S/C12H16BrNO2S/c1-12(2,3)17(15)14-8-9-5-10(13)7-11(6-9)16-4/h5-8H,1-4H3. The Kier molecular flexibility index (Phi) is 5.04. The van der Waals surface area contributed by atoms with Crippen LogP contribution in [-0.4, -0.2) is 22.6 Å². The molecule has 0 aliphatic rings. The van der Waals surface area contributed by atoms with Gasteiger partial charge in [0.15, 0.2) is 0 Å².